The van der Waals surface area contributed by atoms with E-state index < -0.39 is 12.1 Å². The summed E-state index contributed by atoms with van der Waals surface area (Å²) in [7, 11) is 0. The van der Waals surface area contributed by atoms with Crippen LogP contribution in [-0.4, -0.2) is 26.5 Å². The van der Waals surface area contributed by atoms with Crippen molar-refractivity contribution in [3.63, 3.8) is 0 Å². The molecule has 0 aliphatic carbocycles. The van der Waals surface area contributed by atoms with Crippen LogP contribution in [0, 0.1) is 11.6 Å². The van der Waals surface area contributed by atoms with Gasteiger partial charge in [-0.1, -0.05) is 30.3 Å². The number of halogens is 2. The molecule has 0 saturated carbocycles. The molecule has 0 bridgehead atoms. The van der Waals surface area contributed by atoms with Crippen LogP contribution in [0.3, 0.4) is 0 Å². The van der Waals surface area contributed by atoms with Crippen molar-refractivity contribution < 1.29 is 13.6 Å². The molecule has 0 saturated heterocycles. The molecule has 1 aliphatic rings. The fourth-order valence-electron chi connectivity index (χ4n) is 3.95. The van der Waals surface area contributed by atoms with Crippen LogP contribution in [0.5, 0.6) is 0 Å². The summed E-state index contributed by atoms with van der Waals surface area (Å²) in [5.74, 6) is -0.715. The predicted octanol–water partition coefficient (Wildman–Crippen LogP) is 5.05. The Bertz CT molecular complexity index is 1330. The molecule has 5 rings (SSSR count). The van der Waals surface area contributed by atoms with Gasteiger partial charge in [0.1, 0.15) is 11.6 Å². The van der Waals surface area contributed by atoms with Crippen molar-refractivity contribution in [3.05, 3.63) is 108 Å². The Morgan fingerprint density at radius 3 is 2.09 bits per heavy atom. The third-order valence-corrected chi connectivity index (χ3v) is 5.55. The number of carbonyl (C=O) groups excluding carboxylic acids is 1. The molecule has 4 aromatic rings. The summed E-state index contributed by atoms with van der Waals surface area (Å²) >= 11 is 0. The SMILES string of the molecule is NC(=O)N1N=C(c2ccc(F)cc2)CC1c1cn(-c2ccccc2)nc1-c1ccc(F)cc1. The molecule has 3 aromatic carbocycles. The van der Waals surface area contributed by atoms with Gasteiger partial charge < -0.3 is 5.73 Å². The van der Waals surface area contributed by atoms with E-state index >= 15 is 0 Å². The van der Waals surface area contributed by atoms with Crippen molar-refractivity contribution in [2.24, 2.45) is 10.8 Å². The second-order valence-electron chi connectivity index (χ2n) is 7.68. The second-order valence-corrected chi connectivity index (χ2v) is 7.68. The highest BCUT2D eigenvalue weighted by molar-refractivity contribution is 6.03. The van der Waals surface area contributed by atoms with Crippen molar-refractivity contribution in [1.29, 1.82) is 0 Å². The molecule has 2 heterocycles. The fraction of sp³-hybridized carbons (Fsp3) is 0.0800. The first kappa shape index (κ1) is 20.6. The maximum absolute atomic E-state index is 13.6. The third-order valence-electron chi connectivity index (χ3n) is 5.55. The first-order valence-corrected chi connectivity index (χ1v) is 10.3. The van der Waals surface area contributed by atoms with E-state index in [1.54, 1.807) is 28.9 Å². The van der Waals surface area contributed by atoms with E-state index in [0.717, 1.165) is 5.69 Å². The van der Waals surface area contributed by atoms with Crippen molar-refractivity contribution in [1.82, 2.24) is 14.8 Å². The monoisotopic (exact) mass is 443 g/mol. The standard InChI is InChI=1S/C25H19F2N5O/c26-18-10-6-16(7-11-18)22-14-23(32(29-22)25(28)33)21-15-31(20-4-2-1-3-5-20)30-24(21)17-8-12-19(27)13-9-17/h1-13,15,23H,14H2,(H2,28,33). The van der Waals surface area contributed by atoms with E-state index in [1.165, 1.54) is 29.3 Å². The summed E-state index contributed by atoms with van der Waals surface area (Å²) in [5.41, 5.74) is 9.79. The summed E-state index contributed by atoms with van der Waals surface area (Å²) in [5, 5.41) is 10.4. The molecule has 8 heteroatoms. The van der Waals surface area contributed by atoms with E-state index in [9.17, 15) is 13.6 Å². The Morgan fingerprint density at radius 2 is 1.48 bits per heavy atom. The minimum absolute atomic E-state index is 0.357. The largest absolute Gasteiger partial charge is 0.350 e. The fourth-order valence-corrected chi connectivity index (χ4v) is 3.95. The summed E-state index contributed by atoms with van der Waals surface area (Å²) in [4.78, 5) is 12.3. The molecule has 1 unspecified atom stereocenters. The van der Waals surface area contributed by atoms with Crippen molar-refractivity contribution >= 4 is 11.7 Å². The number of primary amides is 1. The lowest BCUT2D eigenvalue weighted by Crippen LogP contribution is -2.32. The highest BCUT2D eigenvalue weighted by atomic mass is 19.1. The van der Waals surface area contributed by atoms with Crippen LogP contribution in [0.4, 0.5) is 13.6 Å². The number of rotatable bonds is 4. The smallest absolute Gasteiger partial charge is 0.335 e. The maximum Gasteiger partial charge on any atom is 0.335 e. The summed E-state index contributed by atoms with van der Waals surface area (Å²) in [6.45, 7) is 0. The number of amides is 2. The lowest BCUT2D eigenvalue weighted by molar-refractivity contribution is 0.196. The first-order chi connectivity index (χ1) is 16.0. The predicted molar refractivity (Wildman–Crippen MR) is 121 cm³/mol. The molecule has 1 aromatic heterocycles. The molecular weight excluding hydrogens is 424 g/mol. The molecule has 0 fully saturated rings. The molecule has 1 aliphatic heterocycles. The molecule has 0 spiro atoms. The average Bonchev–Trinajstić information content (AvgIpc) is 3.46. The van der Waals surface area contributed by atoms with Gasteiger partial charge in [-0.25, -0.2) is 23.3 Å². The van der Waals surface area contributed by atoms with Crippen LogP contribution < -0.4 is 5.73 Å². The summed E-state index contributed by atoms with van der Waals surface area (Å²) in [6.07, 6.45) is 2.20. The van der Waals surface area contributed by atoms with E-state index in [-0.39, 0.29) is 11.6 Å². The van der Waals surface area contributed by atoms with Crippen LogP contribution in [-0.2, 0) is 0 Å². The highest BCUT2D eigenvalue weighted by Gasteiger charge is 2.35. The molecule has 0 radical (unpaired) electrons. The number of nitrogens with zero attached hydrogens (tertiary/aromatic N) is 4. The topological polar surface area (TPSA) is 76.5 Å². The normalized spacial score (nSPS) is 15.5. The van der Waals surface area contributed by atoms with Gasteiger partial charge in [0.25, 0.3) is 0 Å². The zero-order chi connectivity index (χ0) is 22.9. The first-order valence-electron chi connectivity index (χ1n) is 10.3. The number of hydrogen-bond donors (Lipinski definition) is 1. The van der Waals surface area contributed by atoms with Gasteiger partial charge in [0, 0.05) is 23.7 Å². The number of para-hydroxylation sites is 1. The molecule has 1 atom stereocenters. The number of urea groups is 1. The van der Waals surface area contributed by atoms with Crippen LogP contribution >= 0.6 is 0 Å². The van der Waals surface area contributed by atoms with Gasteiger partial charge in [-0.05, 0) is 54.1 Å². The lowest BCUT2D eigenvalue weighted by Gasteiger charge is -2.19. The van der Waals surface area contributed by atoms with Gasteiger partial charge in [-0.2, -0.15) is 10.2 Å². The minimum Gasteiger partial charge on any atom is -0.350 e. The Hall–Kier alpha value is -4.33. The number of hydrogen-bond acceptors (Lipinski definition) is 3. The van der Waals surface area contributed by atoms with Crippen LogP contribution in [0.2, 0.25) is 0 Å². The van der Waals surface area contributed by atoms with Crippen LogP contribution in [0.15, 0.2) is 90.2 Å². The second kappa shape index (κ2) is 8.31. The quantitative estimate of drug-likeness (QED) is 0.479. The summed E-state index contributed by atoms with van der Waals surface area (Å²) < 4.78 is 28.7. The van der Waals surface area contributed by atoms with Crippen LogP contribution in [0.1, 0.15) is 23.6 Å². The van der Waals surface area contributed by atoms with E-state index in [1.807, 2.05) is 36.5 Å². The van der Waals surface area contributed by atoms with Gasteiger partial charge in [0.15, 0.2) is 0 Å². The van der Waals surface area contributed by atoms with Gasteiger partial charge in [0.05, 0.1) is 23.1 Å². The number of aromatic nitrogens is 2. The van der Waals surface area contributed by atoms with Crippen LogP contribution in [0.25, 0.3) is 16.9 Å². The Kier molecular flexibility index (Phi) is 5.18. The minimum atomic E-state index is -0.713. The number of benzene rings is 3. The van der Waals surface area contributed by atoms with Gasteiger partial charge in [-0.3, -0.25) is 0 Å². The molecule has 6 nitrogen and oxygen atoms in total. The highest BCUT2D eigenvalue weighted by Crippen LogP contribution is 2.38. The zero-order valence-corrected chi connectivity index (χ0v) is 17.4. The average molecular weight is 443 g/mol. The van der Waals surface area contributed by atoms with Crippen molar-refractivity contribution in [2.45, 2.75) is 12.5 Å². The molecule has 2 N–H and O–H groups in total. The van der Waals surface area contributed by atoms with E-state index in [0.29, 0.717) is 34.5 Å². The Labute approximate surface area is 188 Å². The maximum atomic E-state index is 13.6. The Balaban J connectivity index is 1.61. The number of nitrogens with two attached hydrogens (primary N) is 1. The zero-order valence-electron chi connectivity index (χ0n) is 17.4. The Morgan fingerprint density at radius 1 is 0.879 bits per heavy atom. The van der Waals surface area contributed by atoms with E-state index in [2.05, 4.69) is 5.10 Å². The molecule has 2 amide bonds. The summed E-state index contributed by atoms with van der Waals surface area (Å²) in [6, 6.07) is 20.2. The molecule has 33 heavy (non-hydrogen) atoms. The third kappa shape index (κ3) is 3.98. The van der Waals surface area contributed by atoms with Gasteiger partial charge in [-0.15, -0.1) is 0 Å². The molecule has 164 valence electrons. The van der Waals surface area contributed by atoms with Gasteiger partial charge in [0.2, 0.25) is 0 Å². The van der Waals surface area contributed by atoms with Gasteiger partial charge >= 0.3 is 6.03 Å². The number of carbonyl (C=O) groups is 1. The number of hydrazone groups is 1. The molecular formula is C25H19F2N5O. The van der Waals surface area contributed by atoms with Crippen molar-refractivity contribution in [2.75, 3.05) is 0 Å². The lowest BCUT2D eigenvalue weighted by atomic mass is 9.96. The van der Waals surface area contributed by atoms with E-state index in [4.69, 9.17) is 10.8 Å². The van der Waals surface area contributed by atoms with Crippen molar-refractivity contribution in [3.8, 4) is 16.9 Å².